The Hall–Kier alpha value is -6.81. The molecule has 5 nitrogen and oxygen atoms in total. The van der Waals surface area contributed by atoms with E-state index in [1.165, 1.54) is 38.9 Å². The van der Waals surface area contributed by atoms with Crippen LogP contribution in [-0.2, 0) is 37.3 Å². The van der Waals surface area contributed by atoms with Crippen molar-refractivity contribution in [3.05, 3.63) is 234 Å². The van der Waals surface area contributed by atoms with E-state index in [0.717, 1.165) is 50.3 Å². The molecule has 0 saturated carbocycles. The van der Waals surface area contributed by atoms with Crippen molar-refractivity contribution >= 4 is 21.8 Å². The zero-order valence-corrected chi connectivity index (χ0v) is 45.7. The van der Waals surface area contributed by atoms with Gasteiger partial charge in [-0.2, -0.15) is 12.1 Å². The summed E-state index contributed by atoms with van der Waals surface area (Å²) in [5.74, 6) is 2.59. The van der Waals surface area contributed by atoms with Gasteiger partial charge in [0.25, 0.3) is 6.33 Å². The Morgan fingerprint density at radius 1 is 0.556 bits per heavy atom. The van der Waals surface area contributed by atoms with E-state index in [0.29, 0.717) is 23.3 Å². The SMILES string of the molecule is CC(C)c1cccc(C(C)C)c1-c1cc(Oc2[c-]c3c(cc2)c2ccccc2n3-c2cc(C(C)(C)c3ccccc3)ccn2)[c-]c(-n2[c-][n+](-c3cccc(C(C)(C)c4ccccc4)c3)cc2C(C)(C)C)c1.[Pt]. The molecule has 0 aliphatic carbocycles. The second-order valence-electron chi connectivity index (χ2n) is 21.8. The van der Waals surface area contributed by atoms with Gasteiger partial charge in [0.2, 0.25) is 0 Å². The van der Waals surface area contributed by atoms with E-state index in [1.54, 1.807) is 0 Å². The molecule has 72 heavy (non-hydrogen) atoms. The molecule has 366 valence electrons. The van der Waals surface area contributed by atoms with Crippen LogP contribution in [0.5, 0.6) is 11.5 Å². The van der Waals surface area contributed by atoms with Crippen molar-refractivity contribution in [1.82, 2.24) is 14.1 Å². The second-order valence-corrected chi connectivity index (χ2v) is 21.8. The van der Waals surface area contributed by atoms with Crippen LogP contribution in [0.15, 0.2) is 176 Å². The molecule has 0 saturated heterocycles. The molecule has 0 N–H and O–H groups in total. The summed E-state index contributed by atoms with van der Waals surface area (Å²) < 4.78 is 13.6. The summed E-state index contributed by atoms with van der Waals surface area (Å²) in [5, 5.41) is 2.20. The third-order valence-electron chi connectivity index (χ3n) is 14.5. The van der Waals surface area contributed by atoms with Gasteiger partial charge < -0.3 is 13.9 Å². The first kappa shape index (κ1) is 50.1. The Bertz CT molecular complexity index is 3530. The summed E-state index contributed by atoms with van der Waals surface area (Å²) in [7, 11) is 0. The zero-order chi connectivity index (χ0) is 49.8. The Kier molecular flexibility index (Phi) is 13.7. The number of hydrogen-bond donors (Lipinski definition) is 0. The predicted molar refractivity (Wildman–Crippen MR) is 292 cm³/mol. The molecule has 0 atom stereocenters. The molecule has 10 rings (SSSR count). The van der Waals surface area contributed by atoms with Crippen molar-refractivity contribution in [2.45, 2.75) is 104 Å². The van der Waals surface area contributed by atoms with E-state index in [4.69, 9.17) is 9.72 Å². The number of fused-ring (bicyclic) bond motifs is 3. The molecule has 3 heterocycles. The first-order valence-corrected chi connectivity index (χ1v) is 25.1. The average Bonchev–Trinajstić information content (AvgIpc) is 3.98. The van der Waals surface area contributed by atoms with Crippen molar-refractivity contribution in [1.29, 1.82) is 0 Å². The van der Waals surface area contributed by atoms with E-state index in [1.807, 2.05) is 12.3 Å². The second kappa shape index (κ2) is 19.7. The van der Waals surface area contributed by atoms with Crippen LogP contribution < -0.4 is 9.30 Å². The zero-order valence-electron chi connectivity index (χ0n) is 43.4. The van der Waals surface area contributed by atoms with E-state index in [2.05, 4.69) is 272 Å². The summed E-state index contributed by atoms with van der Waals surface area (Å²) in [6.45, 7) is 25.0. The molecular weight excluding hydrogens is 1060 g/mol. The van der Waals surface area contributed by atoms with Gasteiger partial charge in [-0.05, 0) is 97.6 Å². The normalized spacial score (nSPS) is 12.2. The van der Waals surface area contributed by atoms with Crippen LogP contribution in [0.3, 0.4) is 0 Å². The van der Waals surface area contributed by atoms with Crippen LogP contribution in [0.1, 0.15) is 127 Å². The van der Waals surface area contributed by atoms with Gasteiger partial charge in [-0.25, -0.2) is 4.98 Å². The van der Waals surface area contributed by atoms with E-state index >= 15 is 0 Å². The van der Waals surface area contributed by atoms with Crippen LogP contribution in [0.4, 0.5) is 0 Å². The third kappa shape index (κ3) is 9.41. The fraction of sp³-hybridized carbons (Fsp3) is 0.242. The van der Waals surface area contributed by atoms with Gasteiger partial charge in [-0.1, -0.05) is 191 Å². The summed E-state index contributed by atoms with van der Waals surface area (Å²) >= 11 is 0. The number of para-hydroxylation sites is 1. The van der Waals surface area contributed by atoms with Crippen LogP contribution in [-0.4, -0.2) is 14.1 Å². The van der Waals surface area contributed by atoms with Crippen LogP contribution in [0, 0.1) is 18.5 Å². The van der Waals surface area contributed by atoms with Gasteiger partial charge in [0.05, 0.1) is 11.4 Å². The molecular formula is C66H64N4OPt-2. The molecule has 7 aromatic carbocycles. The summed E-state index contributed by atoms with van der Waals surface area (Å²) in [4.78, 5) is 5.01. The molecule has 0 aliphatic rings. The Morgan fingerprint density at radius 2 is 1.15 bits per heavy atom. The van der Waals surface area contributed by atoms with Gasteiger partial charge in [0.1, 0.15) is 5.82 Å². The molecule has 0 amide bonds. The first-order valence-electron chi connectivity index (χ1n) is 25.1. The molecule has 0 radical (unpaired) electrons. The van der Waals surface area contributed by atoms with Crippen LogP contribution >= 0.6 is 0 Å². The number of benzene rings is 7. The number of rotatable bonds is 12. The smallest absolute Gasteiger partial charge is 0.267 e. The van der Waals surface area contributed by atoms with Gasteiger partial charge in [-0.3, -0.25) is 4.57 Å². The maximum absolute atomic E-state index is 7.07. The maximum Gasteiger partial charge on any atom is 0.267 e. The Labute approximate surface area is 441 Å². The van der Waals surface area contributed by atoms with E-state index in [9.17, 15) is 0 Å². The van der Waals surface area contributed by atoms with Crippen molar-refractivity contribution in [3.63, 3.8) is 0 Å². The number of hydrogen-bond acceptors (Lipinski definition) is 2. The molecule has 0 bridgehead atoms. The van der Waals surface area contributed by atoms with Gasteiger partial charge >= 0.3 is 0 Å². The minimum atomic E-state index is -0.250. The number of pyridine rings is 1. The summed E-state index contributed by atoms with van der Waals surface area (Å²) in [6, 6.07) is 66.0. The third-order valence-corrected chi connectivity index (χ3v) is 14.5. The Balaban J connectivity index is 0.00000640. The molecule has 0 aliphatic heterocycles. The number of nitrogens with zero attached hydrogens (tertiary/aromatic N) is 4. The van der Waals surface area contributed by atoms with E-state index < -0.39 is 0 Å². The maximum atomic E-state index is 7.07. The molecule has 0 fully saturated rings. The molecule has 10 aromatic rings. The predicted octanol–water partition coefficient (Wildman–Crippen LogP) is 16.3. The van der Waals surface area contributed by atoms with Gasteiger partial charge in [-0.15, -0.1) is 35.2 Å². The number of ether oxygens (including phenoxy) is 1. The molecule has 6 heteroatoms. The fourth-order valence-electron chi connectivity index (χ4n) is 10.3. The monoisotopic (exact) mass is 1120 g/mol. The van der Waals surface area contributed by atoms with Crippen LogP contribution in [0.2, 0.25) is 0 Å². The fourth-order valence-corrected chi connectivity index (χ4v) is 10.3. The van der Waals surface area contributed by atoms with Gasteiger partial charge in [0, 0.05) is 61.3 Å². The van der Waals surface area contributed by atoms with Crippen LogP contribution in [0.25, 0.3) is 50.1 Å². The van der Waals surface area contributed by atoms with Crippen molar-refractivity contribution in [3.8, 4) is 39.8 Å². The summed E-state index contributed by atoms with van der Waals surface area (Å²) in [6.07, 6.45) is 7.95. The Morgan fingerprint density at radius 3 is 1.79 bits per heavy atom. The molecule has 0 unspecified atom stereocenters. The van der Waals surface area contributed by atoms with Gasteiger partial charge in [0.15, 0.2) is 0 Å². The average molecular weight is 1120 g/mol. The minimum absolute atomic E-state index is 0. The molecule has 3 aromatic heterocycles. The van der Waals surface area contributed by atoms with Crippen molar-refractivity contribution < 1.29 is 30.4 Å². The largest absolute Gasteiger partial charge is 0.510 e. The standard InChI is InChI=1S/C66H64N4O.Pt/c1-44(2)55-29-21-30-56(45(3)4)63(55)46-36-52(69-43-68(42-61(69)64(5,6)7)51-27-20-26-49(38-51)65(8,9)47-22-14-12-15-23-47)40-54(37-46)71-53-32-33-58-57-28-18-19-31-59(57)70(60(58)41-53)62-39-50(34-35-67-62)66(10,11)48-24-16-13-17-25-48;/h12-39,42,44-45H,1-11H3;/q-2;. The number of imidazole rings is 1. The number of aromatic nitrogens is 4. The molecule has 0 spiro atoms. The first-order chi connectivity index (χ1) is 34.0. The minimum Gasteiger partial charge on any atom is -0.510 e. The van der Waals surface area contributed by atoms with Crippen molar-refractivity contribution in [2.75, 3.05) is 0 Å². The quantitative estimate of drug-likeness (QED) is 0.0903. The van der Waals surface area contributed by atoms with E-state index in [-0.39, 0.29) is 37.3 Å². The van der Waals surface area contributed by atoms with Crippen molar-refractivity contribution in [2.24, 2.45) is 0 Å². The topological polar surface area (TPSA) is 35.9 Å². The summed E-state index contributed by atoms with van der Waals surface area (Å²) in [5.41, 5.74) is 14.0.